The van der Waals surface area contributed by atoms with E-state index in [0.29, 0.717) is 10.6 Å². The molecule has 0 amide bonds. The number of rotatable bonds is 3. The van der Waals surface area contributed by atoms with Crippen LogP contribution in [0.15, 0.2) is 18.2 Å². The van der Waals surface area contributed by atoms with E-state index in [9.17, 15) is 10.1 Å². The van der Waals surface area contributed by atoms with Gasteiger partial charge in [-0.3, -0.25) is 10.1 Å². The van der Waals surface area contributed by atoms with E-state index in [1.54, 1.807) is 12.1 Å². The molecule has 0 unspecified atom stereocenters. The standard InChI is InChI=1S/C12H15BrN2O3/c1-18-12-8-10(2-3-11(12)15(16)17)14-6-4-9(13)5-7-14/h2-3,8-9H,4-7H2,1H3. The number of benzene rings is 1. The molecule has 1 saturated heterocycles. The third-order valence-electron chi connectivity index (χ3n) is 3.15. The molecule has 1 fully saturated rings. The topological polar surface area (TPSA) is 55.6 Å². The number of piperidine rings is 1. The molecular weight excluding hydrogens is 300 g/mol. The lowest BCUT2D eigenvalue weighted by molar-refractivity contribution is -0.385. The van der Waals surface area contributed by atoms with Crippen LogP contribution in [-0.4, -0.2) is 29.9 Å². The van der Waals surface area contributed by atoms with E-state index in [-0.39, 0.29) is 5.69 Å². The summed E-state index contributed by atoms with van der Waals surface area (Å²) < 4.78 is 5.08. The highest BCUT2D eigenvalue weighted by atomic mass is 79.9. The van der Waals surface area contributed by atoms with E-state index < -0.39 is 4.92 Å². The molecule has 18 heavy (non-hydrogen) atoms. The summed E-state index contributed by atoms with van der Waals surface area (Å²) in [4.78, 5) is 13.2. The third kappa shape index (κ3) is 2.75. The van der Waals surface area contributed by atoms with Crippen molar-refractivity contribution in [3.63, 3.8) is 0 Å². The minimum Gasteiger partial charge on any atom is -0.490 e. The maximum Gasteiger partial charge on any atom is 0.311 e. The normalized spacial score (nSPS) is 16.7. The van der Waals surface area contributed by atoms with Crippen molar-refractivity contribution in [2.45, 2.75) is 17.7 Å². The number of alkyl halides is 1. The van der Waals surface area contributed by atoms with E-state index in [4.69, 9.17) is 4.74 Å². The van der Waals surface area contributed by atoms with E-state index >= 15 is 0 Å². The van der Waals surface area contributed by atoms with Gasteiger partial charge in [-0.15, -0.1) is 0 Å². The fourth-order valence-corrected chi connectivity index (χ4v) is 2.53. The molecular formula is C12H15BrN2O3. The van der Waals surface area contributed by atoms with Crippen molar-refractivity contribution in [3.05, 3.63) is 28.3 Å². The Morgan fingerprint density at radius 1 is 1.44 bits per heavy atom. The van der Waals surface area contributed by atoms with Crippen LogP contribution in [0.3, 0.4) is 0 Å². The maximum absolute atomic E-state index is 10.8. The largest absolute Gasteiger partial charge is 0.490 e. The molecule has 0 saturated carbocycles. The van der Waals surface area contributed by atoms with Crippen molar-refractivity contribution in [1.29, 1.82) is 0 Å². The molecule has 1 heterocycles. The van der Waals surface area contributed by atoms with Crippen LogP contribution >= 0.6 is 15.9 Å². The number of anilines is 1. The smallest absolute Gasteiger partial charge is 0.311 e. The van der Waals surface area contributed by atoms with Gasteiger partial charge in [0.1, 0.15) is 0 Å². The first-order chi connectivity index (χ1) is 8.61. The number of ether oxygens (including phenoxy) is 1. The molecule has 1 aromatic carbocycles. The van der Waals surface area contributed by atoms with Gasteiger partial charge in [-0.25, -0.2) is 0 Å². The average Bonchev–Trinajstić information content (AvgIpc) is 2.38. The summed E-state index contributed by atoms with van der Waals surface area (Å²) in [6.45, 7) is 1.91. The second kappa shape index (κ2) is 5.56. The zero-order valence-electron chi connectivity index (χ0n) is 10.1. The van der Waals surface area contributed by atoms with Gasteiger partial charge in [0.25, 0.3) is 0 Å². The number of hydrogen-bond acceptors (Lipinski definition) is 4. The molecule has 1 aliphatic rings. The molecule has 0 aliphatic carbocycles. The first kappa shape index (κ1) is 13.1. The van der Waals surface area contributed by atoms with Crippen molar-refractivity contribution in [2.24, 2.45) is 0 Å². The van der Waals surface area contributed by atoms with Crippen LogP contribution < -0.4 is 9.64 Å². The predicted molar refractivity (Wildman–Crippen MR) is 73.8 cm³/mol. The minimum absolute atomic E-state index is 0.0108. The zero-order valence-corrected chi connectivity index (χ0v) is 11.7. The van der Waals surface area contributed by atoms with E-state index in [1.807, 2.05) is 0 Å². The lowest BCUT2D eigenvalue weighted by atomic mass is 10.1. The number of nitrogens with zero attached hydrogens (tertiary/aromatic N) is 2. The summed E-state index contributed by atoms with van der Waals surface area (Å²) >= 11 is 3.61. The van der Waals surface area contributed by atoms with Crippen LogP contribution in [0, 0.1) is 10.1 Å². The van der Waals surface area contributed by atoms with E-state index in [2.05, 4.69) is 20.8 Å². The highest BCUT2D eigenvalue weighted by Gasteiger charge is 2.20. The highest BCUT2D eigenvalue weighted by Crippen LogP contribution is 2.32. The monoisotopic (exact) mass is 314 g/mol. The Morgan fingerprint density at radius 2 is 2.11 bits per heavy atom. The van der Waals surface area contributed by atoms with Gasteiger partial charge in [-0.05, 0) is 18.9 Å². The van der Waals surface area contributed by atoms with Gasteiger partial charge < -0.3 is 9.64 Å². The average molecular weight is 315 g/mol. The quantitative estimate of drug-likeness (QED) is 0.489. The van der Waals surface area contributed by atoms with Gasteiger partial charge in [0.2, 0.25) is 0 Å². The Labute approximate surface area is 114 Å². The third-order valence-corrected chi connectivity index (χ3v) is 4.07. The van der Waals surface area contributed by atoms with Crippen molar-refractivity contribution in [3.8, 4) is 5.75 Å². The second-order valence-electron chi connectivity index (χ2n) is 4.27. The Morgan fingerprint density at radius 3 is 2.67 bits per heavy atom. The number of halogens is 1. The Hall–Kier alpha value is -1.30. The summed E-state index contributed by atoms with van der Waals surface area (Å²) in [5.41, 5.74) is 0.994. The predicted octanol–water partition coefficient (Wildman–Crippen LogP) is 2.97. The fourth-order valence-electron chi connectivity index (χ4n) is 2.12. The van der Waals surface area contributed by atoms with Crippen LogP contribution in [0.5, 0.6) is 5.75 Å². The van der Waals surface area contributed by atoms with Crippen LogP contribution in [0.2, 0.25) is 0 Å². The van der Waals surface area contributed by atoms with Crippen LogP contribution in [0.25, 0.3) is 0 Å². The first-order valence-electron chi connectivity index (χ1n) is 5.83. The highest BCUT2D eigenvalue weighted by molar-refractivity contribution is 9.09. The molecule has 6 heteroatoms. The number of nitro groups is 1. The van der Waals surface area contributed by atoms with Crippen molar-refractivity contribution >= 4 is 27.3 Å². The molecule has 1 aromatic rings. The summed E-state index contributed by atoms with van der Waals surface area (Å²) in [6, 6.07) is 5.04. The Kier molecular flexibility index (Phi) is 4.06. The molecule has 0 aromatic heterocycles. The van der Waals surface area contributed by atoms with Gasteiger partial charge in [-0.1, -0.05) is 15.9 Å². The molecule has 0 N–H and O–H groups in total. The van der Waals surface area contributed by atoms with Crippen LogP contribution in [0.1, 0.15) is 12.8 Å². The van der Waals surface area contributed by atoms with Gasteiger partial charge in [0, 0.05) is 35.7 Å². The number of nitro benzene ring substituents is 1. The molecule has 0 radical (unpaired) electrons. The van der Waals surface area contributed by atoms with Gasteiger partial charge in [-0.2, -0.15) is 0 Å². The first-order valence-corrected chi connectivity index (χ1v) is 6.75. The maximum atomic E-state index is 10.8. The van der Waals surface area contributed by atoms with Gasteiger partial charge in [0.15, 0.2) is 5.75 Å². The van der Waals surface area contributed by atoms with Gasteiger partial charge in [0.05, 0.1) is 12.0 Å². The fraction of sp³-hybridized carbons (Fsp3) is 0.500. The Balaban J connectivity index is 2.22. The molecule has 98 valence electrons. The Bertz CT molecular complexity index is 445. The SMILES string of the molecule is COc1cc(N2CCC(Br)CC2)ccc1[N+](=O)[O-]. The number of methoxy groups -OCH3 is 1. The minimum atomic E-state index is -0.423. The second-order valence-corrected chi connectivity index (χ2v) is 5.57. The molecule has 0 bridgehead atoms. The summed E-state index contributed by atoms with van der Waals surface area (Å²) in [5.74, 6) is 0.318. The zero-order chi connectivity index (χ0) is 13.1. The van der Waals surface area contributed by atoms with Crippen LogP contribution in [-0.2, 0) is 0 Å². The summed E-state index contributed by atoms with van der Waals surface area (Å²) in [7, 11) is 1.46. The lowest BCUT2D eigenvalue weighted by Gasteiger charge is -2.31. The summed E-state index contributed by atoms with van der Waals surface area (Å²) in [5, 5.41) is 10.8. The van der Waals surface area contributed by atoms with Crippen LogP contribution in [0.4, 0.5) is 11.4 Å². The molecule has 1 aliphatic heterocycles. The molecule has 0 atom stereocenters. The molecule has 2 rings (SSSR count). The molecule has 0 spiro atoms. The van der Waals surface area contributed by atoms with Crippen molar-refractivity contribution < 1.29 is 9.66 Å². The van der Waals surface area contributed by atoms with Gasteiger partial charge >= 0.3 is 5.69 Å². The molecule has 5 nitrogen and oxygen atoms in total. The van der Waals surface area contributed by atoms with E-state index in [1.165, 1.54) is 13.2 Å². The lowest BCUT2D eigenvalue weighted by Crippen LogP contribution is -2.33. The summed E-state index contributed by atoms with van der Waals surface area (Å²) in [6.07, 6.45) is 2.17. The van der Waals surface area contributed by atoms with E-state index in [0.717, 1.165) is 31.6 Å². The number of hydrogen-bond donors (Lipinski definition) is 0. The van der Waals surface area contributed by atoms with Crippen molar-refractivity contribution in [1.82, 2.24) is 0 Å². The van der Waals surface area contributed by atoms with Crippen molar-refractivity contribution in [2.75, 3.05) is 25.1 Å².